The Morgan fingerprint density at radius 2 is 2.22 bits per heavy atom. The first-order valence-corrected chi connectivity index (χ1v) is 7.80. The fourth-order valence-corrected chi connectivity index (χ4v) is 3.33. The van der Waals surface area contributed by atoms with Crippen molar-refractivity contribution in [3.8, 4) is 0 Å². The maximum absolute atomic E-state index is 11.9. The third kappa shape index (κ3) is 4.91. The Balaban J connectivity index is 2.37. The minimum absolute atomic E-state index is 0.0659. The molecule has 7 heteroatoms. The van der Waals surface area contributed by atoms with Gasteiger partial charge < -0.3 is 4.74 Å². The molecule has 1 fully saturated rings. The van der Waals surface area contributed by atoms with Gasteiger partial charge in [0.2, 0.25) is 0 Å². The van der Waals surface area contributed by atoms with Gasteiger partial charge in [0.25, 0.3) is 10.2 Å². The fraction of sp³-hybridized carbons (Fsp3) is 0.909. The molecule has 18 heavy (non-hydrogen) atoms. The van der Waals surface area contributed by atoms with Crippen LogP contribution in [0.1, 0.15) is 33.1 Å². The number of hydrogen-bond donors (Lipinski definition) is 1. The number of hydrogen-bond acceptors (Lipinski definition) is 4. The molecule has 0 radical (unpaired) electrons. The summed E-state index contributed by atoms with van der Waals surface area (Å²) in [5.74, 6) is 0.00703. The molecule has 1 unspecified atom stereocenters. The summed E-state index contributed by atoms with van der Waals surface area (Å²) < 4.78 is 32.5. The summed E-state index contributed by atoms with van der Waals surface area (Å²) in [6.07, 6.45) is 2.02. The molecule has 1 atom stereocenters. The first kappa shape index (κ1) is 15.4. The van der Waals surface area contributed by atoms with Crippen LogP contribution in [-0.4, -0.2) is 44.9 Å². The van der Waals surface area contributed by atoms with Crippen molar-refractivity contribution in [3.63, 3.8) is 0 Å². The number of ether oxygens (including phenoxy) is 1. The number of carbonyl (C=O) groups excluding carboxylic acids is 1. The van der Waals surface area contributed by atoms with Gasteiger partial charge in [-0.2, -0.15) is 12.7 Å². The number of carbonyl (C=O) groups is 1. The third-order valence-electron chi connectivity index (χ3n) is 2.88. The quantitative estimate of drug-likeness (QED) is 0.718. The third-order valence-corrected chi connectivity index (χ3v) is 4.46. The summed E-state index contributed by atoms with van der Waals surface area (Å²) in [5, 5.41) is 0. The van der Waals surface area contributed by atoms with Gasteiger partial charge in [-0.3, -0.25) is 4.79 Å². The molecule has 0 spiro atoms. The molecule has 0 aromatic carbocycles. The van der Waals surface area contributed by atoms with Gasteiger partial charge in [-0.05, 0) is 25.7 Å². The van der Waals surface area contributed by atoms with E-state index in [4.69, 9.17) is 4.74 Å². The van der Waals surface area contributed by atoms with Crippen molar-refractivity contribution in [2.75, 3.05) is 26.2 Å². The van der Waals surface area contributed by atoms with Gasteiger partial charge in [0.05, 0.1) is 13.0 Å². The fourth-order valence-electron chi connectivity index (χ4n) is 1.97. The van der Waals surface area contributed by atoms with Crippen LogP contribution in [0.25, 0.3) is 0 Å². The molecule has 1 saturated heterocycles. The van der Waals surface area contributed by atoms with E-state index in [1.165, 1.54) is 4.31 Å². The topological polar surface area (TPSA) is 75.7 Å². The molecule has 0 aliphatic carbocycles. The summed E-state index contributed by atoms with van der Waals surface area (Å²) in [5.41, 5.74) is 0. The van der Waals surface area contributed by atoms with Crippen LogP contribution < -0.4 is 4.72 Å². The highest BCUT2D eigenvalue weighted by Gasteiger charge is 2.26. The van der Waals surface area contributed by atoms with Crippen LogP contribution in [0.2, 0.25) is 0 Å². The second-order valence-electron chi connectivity index (χ2n) is 4.56. The van der Waals surface area contributed by atoms with Crippen molar-refractivity contribution in [1.29, 1.82) is 0 Å². The van der Waals surface area contributed by atoms with E-state index in [0.29, 0.717) is 25.6 Å². The Bertz CT molecular complexity index is 369. The predicted octanol–water partition coefficient (Wildman–Crippen LogP) is 0.506. The van der Waals surface area contributed by atoms with Gasteiger partial charge in [-0.1, -0.05) is 6.92 Å². The van der Waals surface area contributed by atoms with Gasteiger partial charge in [0.15, 0.2) is 0 Å². The average molecular weight is 278 g/mol. The van der Waals surface area contributed by atoms with Gasteiger partial charge in [-0.15, -0.1) is 0 Å². The molecule has 0 aromatic heterocycles. The summed E-state index contributed by atoms with van der Waals surface area (Å²) in [7, 11) is -3.45. The summed E-state index contributed by atoms with van der Waals surface area (Å²) >= 11 is 0. The molecular weight excluding hydrogens is 256 g/mol. The number of nitrogens with one attached hydrogen (secondary N) is 1. The van der Waals surface area contributed by atoms with Gasteiger partial charge in [0, 0.05) is 19.6 Å². The molecule has 1 aliphatic rings. The highest BCUT2D eigenvalue weighted by atomic mass is 32.2. The monoisotopic (exact) mass is 278 g/mol. The van der Waals surface area contributed by atoms with Crippen LogP contribution in [0.3, 0.4) is 0 Å². The van der Waals surface area contributed by atoms with Crippen molar-refractivity contribution >= 4 is 16.2 Å². The van der Waals surface area contributed by atoms with E-state index < -0.39 is 10.2 Å². The van der Waals surface area contributed by atoms with Crippen molar-refractivity contribution in [2.24, 2.45) is 5.92 Å². The van der Waals surface area contributed by atoms with Gasteiger partial charge in [0.1, 0.15) is 0 Å². The number of piperidine rings is 1. The summed E-state index contributed by atoms with van der Waals surface area (Å²) in [4.78, 5) is 11.1. The van der Waals surface area contributed by atoms with Gasteiger partial charge >= 0.3 is 5.97 Å². The molecular formula is C11H22N2O4S. The minimum Gasteiger partial charge on any atom is -0.466 e. The molecule has 1 aliphatic heterocycles. The second-order valence-corrected chi connectivity index (χ2v) is 6.32. The Morgan fingerprint density at radius 1 is 1.50 bits per heavy atom. The number of esters is 1. The molecule has 106 valence electrons. The standard InChI is InChI=1S/C11H22N2O4S/c1-3-17-11(14)6-7-12-18(15,16)13-8-4-5-10(2)9-13/h10,12H,3-9H2,1-2H3. The average Bonchev–Trinajstić information content (AvgIpc) is 2.29. The first-order chi connectivity index (χ1) is 8.45. The lowest BCUT2D eigenvalue weighted by molar-refractivity contribution is -0.142. The van der Waals surface area contributed by atoms with Crippen LogP contribution in [0.15, 0.2) is 0 Å². The number of nitrogens with zero attached hydrogens (tertiary/aromatic N) is 1. The van der Waals surface area contributed by atoms with E-state index in [1.807, 2.05) is 6.92 Å². The maximum atomic E-state index is 11.9. The molecule has 1 N–H and O–H groups in total. The summed E-state index contributed by atoms with van der Waals surface area (Å²) in [6.45, 7) is 5.27. The molecule has 1 heterocycles. The van der Waals surface area contributed by atoms with E-state index in [1.54, 1.807) is 6.92 Å². The zero-order valence-electron chi connectivity index (χ0n) is 11.0. The molecule has 6 nitrogen and oxygen atoms in total. The molecule has 0 bridgehead atoms. The smallest absolute Gasteiger partial charge is 0.307 e. The van der Waals surface area contributed by atoms with Crippen molar-refractivity contribution in [3.05, 3.63) is 0 Å². The molecule has 1 rings (SSSR count). The van der Waals surface area contributed by atoms with Gasteiger partial charge in [-0.25, -0.2) is 4.72 Å². The second kappa shape index (κ2) is 7.06. The summed E-state index contributed by atoms with van der Waals surface area (Å²) in [6, 6.07) is 0. The highest BCUT2D eigenvalue weighted by molar-refractivity contribution is 7.87. The first-order valence-electron chi connectivity index (χ1n) is 6.36. The van der Waals surface area contributed by atoms with Crippen LogP contribution in [0, 0.1) is 5.92 Å². The number of rotatable bonds is 6. The van der Waals surface area contributed by atoms with Crippen molar-refractivity contribution < 1.29 is 17.9 Å². The van der Waals surface area contributed by atoms with Crippen LogP contribution in [0.4, 0.5) is 0 Å². The van der Waals surface area contributed by atoms with Crippen LogP contribution in [0.5, 0.6) is 0 Å². The van der Waals surface area contributed by atoms with E-state index in [9.17, 15) is 13.2 Å². The maximum Gasteiger partial charge on any atom is 0.307 e. The zero-order chi connectivity index (χ0) is 13.6. The van der Waals surface area contributed by atoms with E-state index in [0.717, 1.165) is 12.8 Å². The Labute approximate surface area is 109 Å². The van der Waals surface area contributed by atoms with Crippen molar-refractivity contribution in [1.82, 2.24) is 9.03 Å². The lowest BCUT2D eigenvalue weighted by Crippen LogP contribution is -2.46. The van der Waals surface area contributed by atoms with E-state index in [-0.39, 0.29) is 18.9 Å². The molecule has 0 amide bonds. The SMILES string of the molecule is CCOC(=O)CCNS(=O)(=O)N1CCCC(C)C1. The highest BCUT2D eigenvalue weighted by Crippen LogP contribution is 2.17. The van der Waals surface area contributed by atoms with Crippen LogP contribution in [-0.2, 0) is 19.7 Å². The molecule has 0 aromatic rings. The lowest BCUT2D eigenvalue weighted by atomic mass is 10.0. The minimum atomic E-state index is -3.45. The Hall–Kier alpha value is -0.660. The van der Waals surface area contributed by atoms with Crippen LogP contribution >= 0.6 is 0 Å². The van der Waals surface area contributed by atoms with E-state index in [2.05, 4.69) is 4.72 Å². The van der Waals surface area contributed by atoms with E-state index >= 15 is 0 Å². The lowest BCUT2D eigenvalue weighted by Gasteiger charge is -2.29. The largest absolute Gasteiger partial charge is 0.466 e. The Morgan fingerprint density at radius 3 is 2.83 bits per heavy atom. The molecule has 0 saturated carbocycles. The van der Waals surface area contributed by atoms with Crippen molar-refractivity contribution in [2.45, 2.75) is 33.1 Å². The predicted molar refractivity (Wildman–Crippen MR) is 68.1 cm³/mol. The normalized spacial score (nSPS) is 21.8. The zero-order valence-corrected chi connectivity index (χ0v) is 11.8. The Kier molecular flexibility index (Phi) is 6.04.